The SMILES string of the molecule is C=CC=CC=CC=CC=CCCCCCCCCCC.O=C(O)O. The second kappa shape index (κ2) is 23.2. The molecule has 0 aromatic carbocycles. The fourth-order valence-electron chi connectivity index (χ4n) is 1.97. The molecule has 0 radical (unpaired) electrons. The van der Waals surface area contributed by atoms with Crippen molar-refractivity contribution in [2.45, 2.75) is 64.7 Å². The lowest BCUT2D eigenvalue weighted by molar-refractivity contribution is 0.137. The standard InChI is InChI=1S/C20H32.CH2O3/c1-3-5-7-9-11-13-15-17-19-20-18-16-14-12-10-8-6-4-2;2-1(3)4/h3,5,7,9,11,13,15,17,19H,1,4,6,8,10,12,14,16,18,20H2,2H3;(H2,2,3,4). The van der Waals surface area contributed by atoms with E-state index in [0.29, 0.717) is 0 Å². The van der Waals surface area contributed by atoms with Crippen LogP contribution in [0.4, 0.5) is 4.79 Å². The van der Waals surface area contributed by atoms with Crippen LogP contribution < -0.4 is 0 Å². The Hall–Kier alpha value is -2.03. The van der Waals surface area contributed by atoms with Gasteiger partial charge in [0.05, 0.1) is 0 Å². The van der Waals surface area contributed by atoms with Gasteiger partial charge in [0.15, 0.2) is 0 Å². The summed E-state index contributed by atoms with van der Waals surface area (Å²) in [7, 11) is 0. The maximum absolute atomic E-state index is 8.56. The van der Waals surface area contributed by atoms with E-state index < -0.39 is 6.16 Å². The van der Waals surface area contributed by atoms with Gasteiger partial charge in [0, 0.05) is 0 Å². The molecule has 0 spiro atoms. The Morgan fingerprint density at radius 1 is 0.750 bits per heavy atom. The van der Waals surface area contributed by atoms with Crippen LogP contribution in [0.25, 0.3) is 0 Å². The van der Waals surface area contributed by atoms with Gasteiger partial charge in [-0.3, -0.25) is 0 Å². The van der Waals surface area contributed by atoms with Crippen LogP contribution in [0.5, 0.6) is 0 Å². The summed E-state index contributed by atoms with van der Waals surface area (Å²) >= 11 is 0. The van der Waals surface area contributed by atoms with Crippen LogP contribution in [-0.4, -0.2) is 16.4 Å². The highest BCUT2D eigenvalue weighted by Crippen LogP contribution is 2.09. The Morgan fingerprint density at radius 2 is 1.17 bits per heavy atom. The zero-order valence-corrected chi connectivity index (χ0v) is 15.1. The van der Waals surface area contributed by atoms with Crippen molar-refractivity contribution >= 4 is 6.16 Å². The molecular formula is C21H34O3. The molecule has 2 N–H and O–H groups in total. The number of unbranched alkanes of at least 4 members (excludes halogenated alkanes) is 8. The van der Waals surface area contributed by atoms with Crippen molar-refractivity contribution in [2.24, 2.45) is 0 Å². The fraction of sp³-hybridized carbons (Fsp3) is 0.476. The van der Waals surface area contributed by atoms with Crippen LogP contribution in [0.2, 0.25) is 0 Å². The average molecular weight is 334 g/mol. The minimum absolute atomic E-state index is 1.21. The zero-order chi connectivity index (χ0) is 18.3. The molecule has 0 aliphatic heterocycles. The van der Waals surface area contributed by atoms with Crippen molar-refractivity contribution in [3.8, 4) is 0 Å². The van der Waals surface area contributed by atoms with E-state index in [0.717, 1.165) is 0 Å². The monoisotopic (exact) mass is 334 g/mol. The lowest BCUT2D eigenvalue weighted by Gasteiger charge is -1.99. The molecule has 0 saturated carbocycles. The van der Waals surface area contributed by atoms with E-state index in [-0.39, 0.29) is 0 Å². The third kappa shape index (κ3) is 32.1. The van der Waals surface area contributed by atoms with Crippen molar-refractivity contribution < 1.29 is 15.0 Å². The van der Waals surface area contributed by atoms with Gasteiger partial charge in [-0.15, -0.1) is 0 Å². The van der Waals surface area contributed by atoms with E-state index in [1.54, 1.807) is 6.08 Å². The Morgan fingerprint density at radius 3 is 1.67 bits per heavy atom. The smallest absolute Gasteiger partial charge is 0.450 e. The molecule has 0 aliphatic carbocycles. The Labute approximate surface area is 147 Å². The van der Waals surface area contributed by atoms with Crippen LogP contribution in [0, 0.1) is 0 Å². The molecule has 24 heavy (non-hydrogen) atoms. The van der Waals surface area contributed by atoms with Crippen molar-refractivity contribution in [1.82, 2.24) is 0 Å². The molecule has 0 aliphatic rings. The lowest BCUT2D eigenvalue weighted by atomic mass is 10.1. The van der Waals surface area contributed by atoms with Gasteiger partial charge in [0.1, 0.15) is 0 Å². The second-order valence-electron chi connectivity index (χ2n) is 5.36. The molecule has 0 atom stereocenters. The number of allylic oxidation sites excluding steroid dienone is 9. The first-order valence-corrected chi connectivity index (χ1v) is 8.84. The number of carbonyl (C=O) groups is 1. The highest BCUT2D eigenvalue weighted by atomic mass is 16.6. The van der Waals surface area contributed by atoms with Gasteiger partial charge in [-0.25, -0.2) is 4.79 Å². The highest BCUT2D eigenvalue weighted by Gasteiger charge is 1.89. The van der Waals surface area contributed by atoms with Crippen LogP contribution >= 0.6 is 0 Å². The number of hydrogen-bond acceptors (Lipinski definition) is 1. The first kappa shape index (κ1) is 24.2. The van der Waals surface area contributed by atoms with Gasteiger partial charge in [0.25, 0.3) is 0 Å². The van der Waals surface area contributed by atoms with Gasteiger partial charge in [-0.1, -0.05) is 113 Å². The van der Waals surface area contributed by atoms with Gasteiger partial charge in [0.2, 0.25) is 0 Å². The Bertz CT molecular complexity index is 386. The largest absolute Gasteiger partial charge is 0.503 e. The predicted molar refractivity (Wildman–Crippen MR) is 105 cm³/mol. The summed E-state index contributed by atoms with van der Waals surface area (Å²) in [5, 5.41) is 13.9. The molecular weight excluding hydrogens is 300 g/mol. The summed E-state index contributed by atoms with van der Waals surface area (Å²) in [4.78, 5) is 8.56. The van der Waals surface area contributed by atoms with E-state index >= 15 is 0 Å². The maximum Gasteiger partial charge on any atom is 0.503 e. The summed E-state index contributed by atoms with van der Waals surface area (Å²) < 4.78 is 0. The van der Waals surface area contributed by atoms with Gasteiger partial charge >= 0.3 is 6.16 Å². The highest BCUT2D eigenvalue weighted by molar-refractivity contribution is 5.53. The molecule has 0 bridgehead atoms. The topological polar surface area (TPSA) is 57.5 Å². The molecule has 0 aromatic heterocycles. The van der Waals surface area contributed by atoms with E-state index in [1.807, 2.05) is 24.3 Å². The average Bonchev–Trinajstić information content (AvgIpc) is 2.54. The van der Waals surface area contributed by atoms with Gasteiger partial charge in [-0.2, -0.15) is 0 Å². The number of carboxylic acid groups (broad SMARTS) is 2. The van der Waals surface area contributed by atoms with Gasteiger partial charge in [-0.05, 0) is 12.8 Å². The minimum atomic E-state index is -1.83. The lowest BCUT2D eigenvalue weighted by Crippen LogP contribution is -1.81. The van der Waals surface area contributed by atoms with Crippen LogP contribution in [0.15, 0.2) is 61.3 Å². The van der Waals surface area contributed by atoms with Crippen molar-refractivity contribution in [1.29, 1.82) is 0 Å². The van der Waals surface area contributed by atoms with Crippen LogP contribution in [0.3, 0.4) is 0 Å². The first-order valence-electron chi connectivity index (χ1n) is 8.84. The molecule has 0 aromatic rings. The molecule has 0 saturated heterocycles. The maximum atomic E-state index is 8.56. The Balaban J connectivity index is 0. The molecule has 3 heteroatoms. The molecule has 136 valence electrons. The summed E-state index contributed by atoms with van der Waals surface area (Å²) in [6.45, 7) is 5.89. The fourth-order valence-corrected chi connectivity index (χ4v) is 1.97. The molecule has 0 fully saturated rings. The third-order valence-electron chi connectivity index (χ3n) is 3.16. The quantitative estimate of drug-likeness (QED) is 0.278. The summed E-state index contributed by atoms with van der Waals surface area (Å²) in [6, 6.07) is 0. The number of rotatable bonds is 13. The first-order chi connectivity index (χ1) is 11.6. The van der Waals surface area contributed by atoms with Crippen LogP contribution in [0.1, 0.15) is 64.7 Å². The molecule has 0 rings (SSSR count). The second-order valence-corrected chi connectivity index (χ2v) is 5.36. The van der Waals surface area contributed by atoms with E-state index in [9.17, 15) is 0 Å². The van der Waals surface area contributed by atoms with E-state index in [4.69, 9.17) is 15.0 Å². The van der Waals surface area contributed by atoms with Crippen molar-refractivity contribution in [3.05, 3.63) is 61.3 Å². The van der Waals surface area contributed by atoms with Crippen molar-refractivity contribution in [3.63, 3.8) is 0 Å². The molecule has 0 unspecified atom stereocenters. The van der Waals surface area contributed by atoms with E-state index in [1.165, 1.54) is 57.8 Å². The Kier molecular flexibility index (Phi) is 23.5. The summed E-state index contributed by atoms with van der Waals surface area (Å²) in [6.07, 6.45) is 28.8. The van der Waals surface area contributed by atoms with Gasteiger partial charge < -0.3 is 10.2 Å². The molecule has 0 amide bonds. The third-order valence-corrected chi connectivity index (χ3v) is 3.16. The molecule has 0 heterocycles. The number of hydrogen-bond donors (Lipinski definition) is 2. The normalized spacial score (nSPS) is 11.4. The predicted octanol–water partition coefficient (Wildman–Crippen LogP) is 7.15. The van der Waals surface area contributed by atoms with Crippen LogP contribution in [-0.2, 0) is 0 Å². The van der Waals surface area contributed by atoms with Crippen molar-refractivity contribution in [2.75, 3.05) is 0 Å². The van der Waals surface area contributed by atoms with E-state index in [2.05, 4.69) is 37.8 Å². The summed E-state index contributed by atoms with van der Waals surface area (Å²) in [5.74, 6) is 0. The minimum Gasteiger partial charge on any atom is -0.450 e. The summed E-state index contributed by atoms with van der Waals surface area (Å²) in [5.41, 5.74) is 0. The molecule has 3 nitrogen and oxygen atoms in total. The zero-order valence-electron chi connectivity index (χ0n) is 15.1.